The van der Waals surface area contributed by atoms with Gasteiger partial charge >= 0.3 is 0 Å². The van der Waals surface area contributed by atoms with Crippen LogP contribution in [0.5, 0.6) is 0 Å². The fourth-order valence-corrected chi connectivity index (χ4v) is 3.83. The van der Waals surface area contributed by atoms with Gasteiger partial charge in [-0.1, -0.05) is 20.8 Å². The van der Waals surface area contributed by atoms with Crippen LogP contribution in [0.4, 0.5) is 0 Å². The molecule has 1 atom stereocenters. The van der Waals surface area contributed by atoms with Crippen molar-refractivity contribution in [3.05, 3.63) is 15.9 Å². The van der Waals surface area contributed by atoms with Crippen LogP contribution in [-0.2, 0) is 19.9 Å². The molecule has 1 N–H and O–H groups in total. The Morgan fingerprint density at radius 2 is 2.10 bits per heavy atom. The average molecular weight is 342 g/mol. The number of aromatic nitrogens is 2. The maximum atomic E-state index is 4.64. The van der Waals surface area contributed by atoms with Gasteiger partial charge in [0.2, 0.25) is 0 Å². The van der Waals surface area contributed by atoms with E-state index in [9.17, 15) is 0 Å². The van der Waals surface area contributed by atoms with Crippen LogP contribution in [0.25, 0.3) is 0 Å². The highest BCUT2D eigenvalue weighted by Gasteiger charge is 2.42. The van der Waals surface area contributed by atoms with Gasteiger partial charge in [-0.3, -0.25) is 4.68 Å². The van der Waals surface area contributed by atoms with Crippen LogP contribution in [0.3, 0.4) is 0 Å². The SMILES string of the molecule is CCCNCC(C)(Cc1c(Br)c(CC)nn1C)C1CC1. The van der Waals surface area contributed by atoms with Gasteiger partial charge in [-0.05, 0) is 65.9 Å². The standard InChI is InChI=1S/C16H28BrN3/c1-5-9-18-11-16(3,12-7-8-12)10-14-15(17)13(6-2)19-20(14)4/h12,18H,5-11H2,1-4H3. The zero-order chi connectivity index (χ0) is 14.8. The second-order valence-corrected chi connectivity index (χ2v) is 7.26. The van der Waals surface area contributed by atoms with Crippen molar-refractivity contribution in [2.75, 3.05) is 13.1 Å². The maximum absolute atomic E-state index is 4.64. The number of nitrogens with zero attached hydrogens (tertiary/aromatic N) is 2. The third-order valence-corrected chi connectivity index (χ3v) is 5.51. The van der Waals surface area contributed by atoms with Gasteiger partial charge in [0.05, 0.1) is 15.9 Å². The number of aryl methyl sites for hydroxylation is 2. The van der Waals surface area contributed by atoms with Gasteiger partial charge in [0.25, 0.3) is 0 Å². The van der Waals surface area contributed by atoms with Gasteiger partial charge < -0.3 is 5.32 Å². The predicted molar refractivity (Wildman–Crippen MR) is 88.0 cm³/mol. The third kappa shape index (κ3) is 3.45. The van der Waals surface area contributed by atoms with Crippen LogP contribution in [0, 0.1) is 11.3 Å². The van der Waals surface area contributed by atoms with Crippen molar-refractivity contribution in [1.29, 1.82) is 0 Å². The number of rotatable bonds is 8. The van der Waals surface area contributed by atoms with E-state index in [1.54, 1.807) is 0 Å². The molecular weight excluding hydrogens is 314 g/mol. The molecule has 0 bridgehead atoms. The number of nitrogens with one attached hydrogen (secondary N) is 1. The first-order valence-corrected chi connectivity index (χ1v) is 8.72. The van der Waals surface area contributed by atoms with Crippen LogP contribution < -0.4 is 5.32 Å². The molecule has 1 saturated carbocycles. The zero-order valence-corrected chi connectivity index (χ0v) is 14.9. The molecule has 0 spiro atoms. The Morgan fingerprint density at radius 3 is 2.60 bits per heavy atom. The highest BCUT2D eigenvalue weighted by Crippen LogP contribution is 2.47. The Labute approximate surface area is 131 Å². The molecule has 0 radical (unpaired) electrons. The topological polar surface area (TPSA) is 29.9 Å². The summed E-state index contributed by atoms with van der Waals surface area (Å²) >= 11 is 3.76. The Hall–Kier alpha value is -0.350. The minimum Gasteiger partial charge on any atom is -0.316 e. The molecule has 3 nitrogen and oxygen atoms in total. The summed E-state index contributed by atoms with van der Waals surface area (Å²) in [6.07, 6.45) is 6.08. The van der Waals surface area contributed by atoms with Gasteiger partial charge in [-0.15, -0.1) is 0 Å². The number of halogens is 1. The van der Waals surface area contributed by atoms with E-state index < -0.39 is 0 Å². The Balaban J connectivity index is 2.13. The fraction of sp³-hybridized carbons (Fsp3) is 0.812. The van der Waals surface area contributed by atoms with Gasteiger partial charge in [0, 0.05) is 13.6 Å². The van der Waals surface area contributed by atoms with E-state index in [-0.39, 0.29) is 0 Å². The van der Waals surface area contributed by atoms with Gasteiger partial charge in [0.1, 0.15) is 0 Å². The summed E-state index contributed by atoms with van der Waals surface area (Å²) in [4.78, 5) is 0. The molecule has 4 heteroatoms. The molecule has 1 aromatic heterocycles. The first-order valence-electron chi connectivity index (χ1n) is 7.92. The summed E-state index contributed by atoms with van der Waals surface area (Å²) < 4.78 is 3.30. The molecule has 114 valence electrons. The monoisotopic (exact) mass is 341 g/mol. The highest BCUT2D eigenvalue weighted by atomic mass is 79.9. The lowest BCUT2D eigenvalue weighted by molar-refractivity contribution is 0.250. The molecule has 1 unspecified atom stereocenters. The molecule has 1 aromatic rings. The van der Waals surface area contributed by atoms with Crippen LogP contribution in [-0.4, -0.2) is 22.9 Å². The van der Waals surface area contributed by atoms with Gasteiger partial charge in [-0.2, -0.15) is 5.10 Å². The first kappa shape index (κ1) is 16.0. The van der Waals surface area contributed by atoms with E-state index in [2.05, 4.69) is 58.8 Å². The molecule has 0 aliphatic heterocycles. The summed E-state index contributed by atoms with van der Waals surface area (Å²) in [6.45, 7) is 9.07. The molecule has 20 heavy (non-hydrogen) atoms. The van der Waals surface area contributed by atoms with E-state index in [0.717, 1.165) is 31.8 Å². The van der Waals surface area contributed by atoms with Crippen molar-refractivity contribution >= 4 is 15.9 Å². The van der Waals surface area contributed by atoms with Crippen LogP contribution in [0.15, 0.2) is 4.47 Å². The molecule has 0 amide bonds. The molecule has 1 heterocycles. The molecule has 1 aliphatic carbocycles. The molecule has 0 aromatic carbocycles. The van der Waals surface area contributed by atoms with Crippen molar-refractivity contribution in [3.63, 3.8) is 0 Å². The number of hydrogen-bond donors (Lipinski definition) is 1. The normalized spacial score (nSPS) is 18.2. The summed E-state index contributed by atoms with van der Waals surface area (Å²) in [7, 11) is 2.08. The van der Waals surface area contributed by atoms with E-state index in [0.29, 0.717) is 5.41 Å². The lowest BCUT2D eigenvalue weighted by atomic mass is 9.80. The van der Waals surface area contributed by atoms with Gasteiger partial charge in [0.15, 0.2) is 0 Å². The average Bonchev–Trinajstić information content (AvgIpc) is 3.23. The Morgan fingerprint density at radius 1 is 1.40 bits per heavy atom. The minimum absolute atomic E-state index is 0.358. The summed E-state index contributed by atoms with van der Waals surface area (Å²) in [5, 5.41) is 8.27. The molecule has 1 aliphatic rings. The maximum Gasteiger partial charge on any atom is 0.0766 e. The van der Waals surface area contributed by atoms with Crippen molar-refractivity contribution < 1.29 is 0 Å². The van der Waals surface area contributed by atoms with E-state index in [1.807, 2.05) is 0 Å². The van der Waals surface area contributed by atoms with Crippen LogP contribution >= 0.6 is 15.9 Å². The van der Waals surface area contributed by atoms with Crippen molar-refractivity contribution in [2.45, 2.75) is 52.9 Å². The lowest BCUT2D eigenvalue weighted by Gasteiger charge is -2.30. The fourth-order valence-electron chi connectivity index (χ4n) is 3.08. The van der Waals surface area contributed by atoms with Gasteiger partial charge in [-0.25, -0.2) is 0 Å². The van der Waals surface area contributed by atoms with E-state index >= 15 is 0 Å². The molecule has 1 fully saturated rings. The largest absolute Gasteiger partial charge is 0.316 e. The van der Waals surface area contributed by atoms with E-state index in [1.165, 1.54) is 35.1 Å². The van der Waals surface area contributed by atoms with Crippen LogP contribution in [0.2, 0.25) is 0 Å². The summed E-state index contributed by atoms with van der Waals surface area (Å²) in [5.74, 6) is 0.874. The number of hydrogen-bond acceptors (Lipinski definition) is 2. The second kappa shape index (κ2) is 6.61. The predicted octanol–water partition coefficient (Wildman–Crippen LogP) is 3.70. The molecular formula is C16H28BrN3. The van der Waals surface area contributed by atoms with Crippen LogP contribution in [0.1, 0.15) is 51.4 Å². The lowest BCUT2D eigenvalue weighted by Crippen LogP contribution is -2.36. The smallest absolute Gasteiger partial charge is 0.0766 e. The minimum atomic E-state index is 0.358. The third-order valence-electron chi connectivity index (χ3n) is 4.59. The molecule has 0 saturated heterocycles. The second-order valence-electron chi connectivity index (χ2n) is 6.47. The van der Waals surface area contributed by atoms with E-state index in [4.69, 9.17) is 0 Å². The van der Waals surface area contributed by atoms with Crippen molar-refractivity contribution in [3.8, 4) is 0 Å². The Kier molecular flexibility index (Phi) is 5.30. The first-order chi connectivity index (χ1) is 9.51. The highest BCUT2D eigenvalue weighted by molar-refractivity contribution is 9.10. The zero-order valence-electron chi connectivity index (χ0n) is 13.3. The Bertz CT molecular complexity index is 451. The molecule has 2 rings (SSSR count). The quantitative estimate of drug-likeness (QED) is 0.730. The summed E-state index contributed by atoms with van der Waals surface area (Å²) in [5.41, 5.74) is 2.90. The van der Waals surface area contributed by atoms with Crippen molar-refractivity contribution in [1.82, 2.24) is 15.1 Å². The van der Waals surface area contributed by atoms with Crippen molar-refractivity contribution in [2.24, 2.45) is 18.4 Å². The summed E-state index contributed by atoms with van der Waals surface area (Å²) in [6, 6.07) is 0.